The van der Waals surface area contributed by atoms with Gasteiger partial charge in [0.25, 0.3) is 5.56 Å². The number of H-pyrrole nitrogens is 1. The molecule has 1 aromatic heterocycles. The largest absolute Gasteiger partial charge is 0.368 e. The van der Waals surface area contributed by atoms with Gasteiger partial charge in [0.05, 0.1) is 12.3 Å². The molecule has 112 valence electrons. The van der Waals surface area contributed by atoms with Gasteiger partial charge < -0.3 is 9.72 Å². The summed E-state index contributed by atoms with van der Waals surface area (Å²) in [6.07, 6.45) is 2.75. The molecule has 20 heavy (non-hydrogen) atoms. The van der Waals surface area contributed by atoms with Gasteiger partial charge >= 0.3 is 0 Å². The van der Waals surface area contributed by atoms with Crippen LogP contribution in [-0.2, 0) is 11.2 Å². The summed E-state index contributed by atoms with van der Waals surface area (Å²) in [6, 6.07) is 0. The van der Waals surface area contributed by atoms with Crippen molar-refractivity contribution < 1.29 is 4.74 Å². The second kappa shape index (κ2) is 7.33. The number of ether oxygens (including phenoxy) is 1. The molecule has 1 N–H and O–H groups in total. The van der Waals surface area contributed by atoms with Gasteiger partial charge in [0, 0.05) is 13.1 Å². The minimum atomic E-state index is -0.133. The Hall–Kier alpha value is -0.720. The SMILES string of the molecule is CCCc1nc(C2CN(CCC)CCO2)[nH]c(=O)c1Br. The van der Waals surface area contributed by atoms with Crippen LogP contribution in [0.25, 0.3) is 0 Å². The lowest BCUT2D eigenvalue weighted by atomic mass is 10.2. The quantitative estimate of drug-likeness (QED) is 0.890. The first-order valence-corrected chi connectivity index (χ1v) is 8.07. The summed E-state index contributed by atoms with van der Waals surface area (Å²) in [5.41, 5.74) is 0.706. The molecule has 0 bridgehead atoms. The fourth-order valence-corrected chi connectivity index (χ4v) is 2.85. The van der Waals surface area contributed by atoms with Gasteiger partial charge in [0.2, 0.25) is 0 Å². The first-order valence-electron chi connectivity index (χ1n) is 7.28. The number of nitrogens with zero attached hydrogens (tertiary/aromatic N) is 2. The van der Waals surface area contributed by atoms with Gasteiger partial charge in [-0.15, -0.1) is 0 Å². The van der Waals surface area contributed by atoms with Crippen molar-refractivity contribution >= 4 is 15.9 Å². The van der Waals surface area contributed by atoms with Crippen LogP contribution >= 0.6 is 15.9 Å². The molecule has 1 fully saturated rings. The number of nitrogens with one attached hydrogen (secondary N) is 1. The lowest BCUT2D eigenvalue weighted by molar-refractivity contribution is -0.0344. The summed E-state index contributed by atoms with van der Waals surface area (Å²) in [7, 11) is 0. The van der Waals surface area contributed by atoms with Crippen molar-refractivity contribution in [3.63, 3.8) is 0 Å². The molecule has 2 rings (SSSR count). The van der Waals surface area contributed by atoms with Crippen LogP contribution in [-0.4, -0.2) is 41.1 Å². The predicted molar refractivity (Wildman–Crippen MR) is 82.0 cm³/mol. The number of aromatic amines is 1. The zero-order valence-electron chi connectivity index (χ0n) is 12.1. The number of morpholine rings is 1. The number of hydrogen-bond acceptors (Lipinski definition) is 4. The highest BCUT2D eigenvalue weighted by atomic mass is 79.9. The van der Waals surface area contributed by atoms with Crippen molar-refractivity contribution in [2.24, 2.45) is 0 Å². The molecule has 0 aromatic carbocycles. The van der Waals surface area contributed by atoms with E-state index in [4.69, 9.17) is 4.74 Å². The normalized spacial score (nSPS) is 20.2. The van der Waals surface area contributed by atoms with Crippen molar-refractivity contribution in [3.05, 3.63) is 26.3 Å². The van der Waals surface area contributed by atoms with E-state index in [9.17, 15) is 4.79 Å². The highest BCUT2D eigenvalue weighted by Crippen LogP contribution is 2.20. The average Bonchev–Trinajstić information content (AvgIpc) is 2.44. The second-order valence-corrected chi connectivity index (χ2v) is 5.91. The fraction of sp³-hybridized carbons (Fsp3) is 0.714. The van der Waals surface area contributed by atoms with E-state index >= 15 is 0 Å². The summed E-state index contributed by atoms with van der Waals surface area (Å²) in [5.74, 6) is 0.655. The van der Waals surface area contributed by atoms with Gasteiger partial charge in [0.1, 0.15) is 16.4 Å². The highest BCUT2D eigenvalue weighted by Gasteiger charge is 2.24. The van der Waals surface area contributed by atoms with E-state index in [1.54, 1.807) is 0 Å². The van der Waals surface area contributed by atoms with E-state index in [0.717, 1.165) is 44.6 Å². The topological polar surface area (TPSA) is 58.2 Å². The molecule has 1 atom stereocenters. The van der Waals surface area contributed by atoms with Crippen LogP contribution in [0.3, 0.4) is 0 Å². The standard InChI is InChI=1S/C14H22BrN3O2/c1-3-5-10-12(15)14(19)17-13(16-10)11-9-18(6-4-2)7-8-20-11/h11H,3-9H2,1-2H3,(H,16,17,19). The third-order valence-electron chi connectivity index (χ3n) is 3.43. The van der Waals surface area contributed by atoms with Crippen molar-refractivity contribution in [2.45, 2.75) is 39.2 Å². The van der Waals surface area contributed by atoms with Crippen molar-refractivity contribution in [1.82, 2.24) is 14.9 Å². The first kappa shape index (κ1) is 15.7. The van der Waals surface area contributed by atoms with Crippen LogP contribution in [0.15, 0.2) is 9.27 Å². The third kappa shape index (κ3) is 3.68. The smallest absolute Gasteiger partial charge is 0.265 e. The summed E-state index contributed by atoms with van der Waals surface area (Å²) < 4.78 is 6.32. The molecular weight excluding hydrogens is 322 g/mol. The maximum Gasteiger partial charge on any atom is 0.265 e. The Morgan fingerprint density at radius 1 is 1.45 bits per heavy atom. The molecule has 0 amide bonds. The van der Waals surface area contributed by atoms with Crippen LogP contribution in [0.5, 0.6) is 0 Å². The molecule has 1 unspecified atom stereocenters. The molecule has 1 aliphatic rings. The number of aryl methyl sites for hydroxylation is 1. The van der Waals surface area contributed by atoms with Crippen molar-refractivity contribution in [1.29, 1.82) is 0 Å². The van der Waals surface area contributed by atoms with Crippen LogP contribution in [0.2, 0.25) is 0 Å². The maximum atomic E-state index is 12.0. The minimum absolute atomic E-state index is 0.116. The minimum Gasteiger partial charge on any atom is -0.368 e. The summed E-state index contributed by atoms with van der Waals surface area (Å²) in [4.78, 5) is 21.8. The van der Waals surface area contributed by atoms with E-state index in [1.807, 2.05) is 0 Å². The second-order valence-electron chi connectivity index (χ2n) is 5.12. The Morgan fingerprint density at radius 3 is 2.95 bits per heavy atom. The van der Waals surface area contributed by atoms with Gasteiger partial charge in [0.15, 0.2) is 0 Å². The molecule has 0 spiro atoms. The monoisotopic (exact) mass is 343 g/mol. The van der Waals surface area contributed by atoms with Crippen LogP contribution in [0.4, 0.5) is 0 Å². The van der Waals surface area contributed by atoms with Crippen molar-refractivity contribution in [3.8, 4) is 0 Å². The molecule has 0 radical (unpaired) electrons. The molecule has 6 heteroatoms. The number of rotatable bonds is 5. The number of halogens is 1. The predicted octanol–water partition coefficient (Wildman–Crippen LogP) is 2.27. The van der Waals surface area contributed by atoms with Crippen LogP contribution < -0.4 is 5.56 Å². The zero-order chi connectivity index (χ0) is 14.5. The molecule has 1 aromatic rings. The fourth-order valence-electron chi connectivity index (χ4n) is 2.47. The molecular formula is C14H22BrN3O2. The molecule has 0 saturated carbocycles. The van der Waals surface area contributed by atoms with E-state index in [1.165, 1.54) is 0 Å². The van der Waals surface area contributed by atoms with Gasteiger partial charge in [-0.2, -0.15) is 0 Å². The Balaban J connectivity index is 2.21. The molecule has 1 saturated heterocycles. The summed E-state index contributed by atoms with van der Waals surface area (Å²) in [6.45, 7) is 7.74. The molecule has 2 heterocycles. The lowest BCUT2D eigenvalue weighted by Crippen LogP contribution is -2.39. The van der Waals surface area contributed by atoms with Gasteiger partial charge in [-0.1, -0.05) is 20.3 Å². The van der Waals surface area contributed by atoms with Crippen LogP contribution in [0, 0.1) is 0 Å². The average molecular weight is 344 g/mol. The maximum absolute atomic E-state index is 12.0. The summed E-state index contributed by atoms with van der Waals surface area (Å²) in [5, 5.41) is 0. The van der Waals surface area contributed by atoms with Gasteiger partial charge in [-0.05, 0) is 35.3 Å². The van der Waals surface area contributed by atoms with Gasteiger partial charge in [-0.3, -0.25) is 9.69 Å². The lowest BCUT2D eigenvalue weighted by Gasteiger charge is -2.32. The van der Waals surface area contributed by atoms with Crippen LogP contribution in [0.1, 0.15) is 44.3 Å². The molecule has 1 aliphatic heterocycles. The summed E-state index contributed by atoms with van der Waals surface area (Å²) >= 11 is 3.32. The third-order valence-corrected chi connectivity index (χ3v) is 4.25. The number of hydrogen-bond donors (Lipinski definition) is 1. The highest BCUT2D eigenvalue weighted by molar-refractivity contribution is 9.10. The van der Waals surface area contributed by atoms with E-state index in [2.05, 4.69) is 44.6 Å². The van der Waals surface area contributed by atoms with E-state index < -0.39 is 0 Å². The Bertz CT molecular complexity index is 502. The van der Waals surface area contributed by atoms with E-state index in [-0.39, 0.29) is 11.7 Å². The Morgan fingerprint density at radius 2 is 2.25 bits per heavy atom. The molecule has 0 aliphatic carbocycles. The molecule has 5 nitrogen and oxygen atoms in total. The Labute approximate surface area is 127 Å². The van der Waals surface area contributed by atoms with Gasteiger partial charge in [-0.25, -0.2) is 4.98 Å². The van der Waals surface area contributed by atoms with E-state index in [0.29, 0.717) is 16.9 Å². The Kier molecular flexibility index (Phi) is 5.74. The first-order chi connectivity index (χ1) is 9.65. The zero-order valence-corrected chi connectivity index (χ0v) is 13.7. The number of aromatic nitrogens is 2. The van der Waals surface area contributed by atoms with Crippen molar-refractivity contribution in [2.75, 3.05) is 26.2 Å².